The third-order valence-electron chi connectivity index (χ3n) is 2.52. The van der Waals surface area contributed by atoms with Crippen LogP contribution in [0.3, 0.4) is 0 Å². The summed E-state index contributed by atoms with van der Waals surface area (Å²) in [7, 11) is 0. The highest BCUT2D eigenvalue weighted by molar-refractivity contribution is 4.90. The molecule has 1 saturated carbocycles. The van der Waals surface area contributed by atoms with Gasteiger partial charge in [-0.25, -0.2) is 0 Å². The van der Waals surface area contributed by atoms with Crippen molar-refractivity contribution >= 4 is 0 Å². The van der Waals surface area contributed by atoms with Gasteiger partial charge in [0.25, 0.3) is 0 Å². The summed E-state index contributed by atoms with van der Waals surface area (Å²) in [6, 6.07) is 0. The van der Waals surface area contributed by atoms with Gasteiger partial charge in [-0.05, 0) is 25.7 Å². The summed E-state index contributed by atoms with van der Waals surface area (Å²) in [6.07, 6.45) is 10.1. The van der Waals surface area contributed by atoms with Crippen molar-refractivity contribution in [2.75, 3.05) is 0 Å². The Morgan fingerprint density at radius 3 is 2.45 bits per heavy atom. The van der Waals surface area contributed by atoms with E-state index < -0.39 is 0 Å². The van der Waals surface area contributed by atoms with Gasteiger partial charge < -0.3 is 5.11 Å². The highest BCUT2D eigenvalue weighted by Crippen LogP contribution is 2.26. The van der Waals surface area contributed by atoms with Gasteiger partial charge in [-0.2, -0.15) is 0 Å². The molecule has 1 aliphatic carbocycles. The molecule has 0 saturated heterocycles. The van der Waals surface area contributed by atoms with Gasteiger partial charge in [-0.1, -0.05) is 31.4 Å². The standard InChI is InChI=1S/C10H18O/c1-2-6-10(11)9-7-4-3-5-8-9/h2,6,9-11H,3-5,7-8H2,1H3/b6-2+/t10-/m1/s1. The second-order valence-electron chi connectivity index (χ2n) is 3.41. The number of rotatable bonds is 2. The van der Waals surface area contributed by atoms with E-state index in [4.69, 9.17) is 0 Å². The van der Waals surface area contributed by atoms with E-state index in [2.05, 4.69) is 0 Å². The molecule has 0 heterocycles. The van der Waals surface area contributed by atoms with E-state index in [9.17, 15) is 5.11 Å². The van der Waals surface area contributed by atoms with Gasteiger partial charge in [0.15, 0.2) is 0 Å². The predicted molar refractivity (Wildman–Crippen MR) is 47.4 cm³/mol. The average molecular weight is 154 g/mol. The SMILES string of the molecule is C/C=C/[C@@H](O)C1CCCCC1. The van der Waals surface area contributed by atoms with Crippen molar-refractivity contribution in [1.82, 2.24) is 0 Å². The first-order valence-electron chi connectivity index (χ1n) is 4.65. The maximum absolute atomic E-state index is 9.59. The molecule has 1 heteroatoms. The van der Waals surface area contributed by atoms with Gasteiger partial charge in [0.05, 0.1) is 6.10 Å². The Kier molecular flexibility index (Phi) is 3.64. The zero-order valence-corrected chi connectivity index (χ0v) is 7.29. The summed E-state index contributed by atoms with van der Waals surface area (Å²) >= 11 is 0. The zero-order chi connectivity index (χ0) is 8.10. The minimum Gasteiger partial charge on any atom is -0.389 e. The Labute approximate surface area is 69.1 Å². The first-order valence-corrected chi connectivity index (χ1v) is 4.65. The monoisotopic (exact) mass is 154 g/mol. The van der Waals surface area contributed by atoms with Crippen LogP contribution in [0.5, 0.6) is 0 Å². The molecule has 1 atom stereocenters. The molecule has 1 rings (SSSR count). The number of hydrogen-bond donors (Lipinski definition) is 1. The second kappa shape index (κ2) is 4.55. The molecule has 1 N–H and O–H groups in total. The van der Waals surface area contributed by atoms with Gasteiger partial charge in [0, 0.05) is 0 Å². The molecule has 0 unspecified atom stereocenters. The minimum atomic E-state index is -0.180. The summed E-state index contributed by atoms with van der Waals surface area (Å²) in [5.74, 6) is 0.542. The predicted octanol–water partition coefficient (Wildman–Crippen LogP) is 2.50. The summed E-state index contributed by atoms with van der Waals surface area (Å²) in [4.78, 5) is 0. The van der Waals surface area contributed by atoms with Crippen LogP contribution in [0.15, 0.2) is 12.2 Å². The lowest BCUT2D eigenvalue weighted by atomic mass is 9.85. The Hall–Kier alpha value is -0.300. The van der Waals surface area contributed by atoms with Crippen molar-refractivity contribution in [3.63, 3.8) is 0 Å². The fourth-order valence-corrected chi connectivity index (χ4v) is 1.83. The van der Waals surface area contributed by atoms with Crippen molar-refractivity contribution in [1.29, 1.82) is 0 Å². The molecule has 11 heavy (non-hydrogen) atoms. The highest BCUT2D eigenvalue weighted by Gasteiger charge is 2.18. The fourth-order valence-electron chi connectivity index (χ4n) is 1.83. The van der Waals surface area contributed by atoms with Crippen LogP contribution in [0, 0.1) is 5.92 Å². The molecule has 0 radical (unpaired) electrons. The van der Waals surface area contributed by atoms with E-state index in [1.54, 1.807) is 0 Å². The molecule has 0 aromatic rings. The van der Waals surface area contributed by atoms with Crippen LogP contribution in [0.1, 0.15) is 39.0 Å². The van der Waals surface area contributed by atoms with Crippen molar-refractivity contribution in [3.8, 4) is 0 Å². The molecule has 0 aromatic carbocycles. The van der Waals surface area contributed by atoms with Crippen LogP contribution in [-0.4, -0.2) is 11.2 Å². The molecule has 0 bridgehead atoms. The molecule has 0 amide bonds. The molecular weight excluding hydrogens is 136 g/mol. The average Bonchev–Trinajstić information content (AvgIpc) is 2.07. The van der Waals surface area contributed by atoms with Crippen molar-refractivity contribution in [2.45, 2.75) is 45.1 Å². The van der Waals surface area contributed by atoms with E-state index in [0.717, 1.165) is 0 Å². The normalized spacial score (nSPS) is 24.2. The minimum absolute atomic E-state index is 0.180. The fraction of sp³-hybridized carbons (Fsp3) is 0.800. The van der Waals surface area contributed by atoms with E-state index in [1.807, 2.05) is 19.1 Å². The van der Waals surface area contributed by atoms with Crippen LogP contribution >= 0.6 is 0 Å². The van der Waals surface area contributed by atoms with E-state index in [0.29, 0.717) is 5.92 Å². The molecule has 1 nitrogen and oxygen atoms in total. The van der Waals surface area contributed by atoms with Gasteiger partial charge in [-0.3, -0.25) is 0 Å². The lowest BCUT2D eigenvalue weighted by molar-refractivity contribution is 0.125. The largest absolute Gasteiger partial charge is 0.389 e. The van der Waals surface area contributed by atoms with Crippen molar-refractivity contribution in [3.05, 3.63) is 12.2 Å². The van der Waals surface area contributed by atoms with Gasteiger partial charge in [0.1, 0.15) is 0 Å². The molecular formula is C10H18O. The topological polar surface area (TPSA) is 20.2 Å². The lowest BCUT2D eigenvalue weighted by Gasteiger charge is -2.24. The van der Waals surface area contributed by atoms with Crippen LogP contribution in [0.4, 0.5) is 0 Å². The highest BCUT2D eigenvalue weighted by atomic mass is 16.3. The van der Waals surface area contributed by atoms with E-state index >= 15 is 0 Å². The van der Waals surface area contributed by atoms with Crippen LogP contribution < -0.4 is 0 Å². The Bertz CT molecular complexity index is 123. The number of aliphatic hydroxyl groups is 1. The number of hydrogen-bond acceptors (Lipinski definition) is 1. The maximum atomic E-state index is 9.59. The van der Waals surface area contributed by atoms with E-state index in [-0.39, 0.29) is 6.10 Å². The summed E-state index contributed by atoms with van der Waals surface area (Å²) in [5.41, 5.74) is 0. The number of aliphatic hydroxyl groups excluding tert-OH is 1. The molecule has 0 spiro atoms. The van der Waals surface area contributed by atoms with Gasteiger partial charge in [-0.15, -0.1) is 0 Å². The van der Waals surface area contributed by atoms with Crippen molar-refractivity contribution in [2.24, 2.45) is 5.92 Å². The first-order chi connectivity index (χ1) is 5.34. The molecule has 64 valence electrons. The van der Waals surface area contributed by atoms with Crippen molar-refractivity contribution < 1.29 is 5.11 Å². The maximum Gasteiger partial charge on any atom is 0.0748 e. The number of allylic oxidation sites excluding steroid dienone is 1. The summed E-state index contributed by atoms with van der Waals surface area (Å²) in [6.45, 7) is 1.96. The Morgan fingerprint density at radius 1 is 1.27 bits per heavy atom. The lowest BCUT2D eigenvalue weighted by Crippen LogP contribution is -2.20. The Balaban J connectivity index is 2.32. The van der Waals surface area contributed by atoms with Gasteiger partial charge in [0.2, 0.25) is 0 Å². The zero-order valence-electron chi connectivity index (χ0n) is 7.29. The quantitative estimate of drug-likeness (QED) is 0.606. The smallest absolute Gasteiger partial charge is 0.0748 e. The van der Waals surface area contributed by atoms with E-state index in [1.165, 1.54) is 32.1 Å². The molecule has 1 fully saturated rings. The second-order valence-corrected chi connectivity index (χ2v) is 3.41. The van der Waals surface area contributed by atoms with Crippen LogP contribution in [0.2, 0.25) is 0 Å². The molecule has 0 aliphatic heterocycles. The summed E-state index contributed by atoms with van der Waals surface area (Å²) in [5, 5.41) is 9.59. The third kappa shape index (κ3) is 2.66. The Morgan fingerprint density at radius 2 is 1.91 bits per heavy atom. The third-order valence-corrected chi connectivity index (χ3v) is 2.52. The molecule has 1 aliphatic rings. The van der Waals surface area contributed by atoms with Crippen LogP contribution in [0.25, 0.3) is 0 Å². The first kappa shape index (κ1) is 8.79. The van der Waals surface area contributed by atoms with Gasteiger partial charge >= 0.3 is 0 Å². The van der Waals surface area contributed by atoms with Crippen LogP contribution in [-0.2, 0) is 0 Å². The summed E-state index contributed by atoms with van der Waals surface area (Å²) < 4.78 is 0. The molecule has 0 aromatic heterocycles.